The Labute approximate surface area is 144 Å². The largest absolute Gasteiger partial charge is 0.451 e. The maximum absolute atomic E-state index is 13.9. The normalized spacial score (nSPS) is 28.1. The molecule has 4 heterocycles. The zero-order valence-electron chi connectivity index (χ0n) is 14.0. The molecule has 1 amide bonds. The molecule has 5 rings (SSSR count). The third kappa shape index (κ3) is 2.95. The summed E-state index contributed by atoms with van der Waals surface area (Å²) >= 11 is 0. The summed E-state index contributed by atoms with van der Waals surface area (Å²) in [6.45, 7) is 4.30. The van der Waals surface area contributed by atoms with Crippen LogP contribution in [-0.4, -0.2) is 36.0 Å². The predicted molar refractivity (Wildman–Crippen MR) is 89.1 cm³/mol. The zero-order valence-corrected chi connectivity index (χ0v) is 14.0. The fraction of sp³-hybridized carbons (Fsp3) is 0.421. The van der Waals surface area contributed by atoms with E-state index in [0.29, 0.717) is 12.0 Å². The second-order valence-corrected chi connectivity index (χ2v) is 6.90. The summed E-state index contributed by atoms with van der Waals surface area (Å²) in [5.74, 6) is -0.715. The quantitative estimate of drug-likeness (QED) is 0.926. The van der Waals surface area contributed by atoms with Gasteiger partial charge in [-0.1, -0.05) is 0 Å². The number of amides is 1. The van der Waals surface area contributed by atoms with Crippen LogP contribution in [0.3, 0.4) is 0 Å². The highest BCUT2D eigenvalue weighted by molar-refractivity contribution is 5.92. The number of halogens is 2. The first-order valence-electron chi connectivity index (χ1n) is 8.63. The van der Waals surface area contributed by atoms with Crippen molar-refractivity contribution in [1.82, 2.24) is 10.2 Å². The van der Waals surface area contributed by atoms with Gasteiger partial charge < -0.3 is 9.73 Å². The first-order valence-corrected chi connectivity index (χ1v) is 8.63. The van der Waals surface area contributed by atoms with Crippen LogP contribution in [0.15, 0.2) is 34.7 Å². The van der Waals surface area contributed by atoms with E-state index in [1.807, 2.05) is 0 Å². The van der Waals surface area contributed by atoms with Crippen molar-refractivity contribution in [3.8, 4) is 11.3 Å². The van der Waals surface area contributed by atoms with Crippen LogP contribution in [0.25, 0.3) is 11.3 Å². The van der Waals surface area contributed by atoms with Crippen molar-refractivity contribution < 1.29 is 18.0 Å². The Balaban J connectivity index is 1.52. The van der Waals surface area contributed by atoms with Gasteiger partial charge in [0.2, 0.25) is 0 Å². The van der Waals surface area contributed by atoms with Crippen molar-refractivity contribution in [3.05, 3.63) is 47.7 Å². The number of nitrogens with zero attached hydrogens (tertiary/aromatic N) is 1. The molecule has 0 radical (unpaired) electrons. The van der Waals surface area contributed by atoms with E-state index >= 15 is 0 Å². The van der Waals surface area contributed by atoms with Crippen molar-refractivity contribution in [2.75, 3.05) is 13.1 Å². The third-order valence-corrected chi connectivity index (χ3v) is 5.50. The summed E-state index contributed by atoms with van der Waals surface area (Å²) in [6.07, 6.45) is 2.18. The second kappa shape index (κ2) is 6.26. The minimum absolute atomic E-state index is 0.00949. The van der Waals surface area contributed by atoms with E-state index in [4.69, 9.17) is 4.42 Å². The lowest BCUT2D eigenvalue weighted by molar-refractivity contribution is 0.0211. The molecule has 1 N–H and O–H groups in total. The summed E-state index contributed by atoms with van der Waals surface area (Å²) in [4.78, 5) is 14.9. The molecule has 0 unspecified atom stereocenters. The van der Waals surface area contributed by atoms with Crippen LogP contribution in [0.1, 0.15) is 30.3 Å². The van der Waals surface area contributed by atoms with E-state index in [1.54, 1.807) is 0 Å². The van der Waals surface area contributed by atoms with E-state index in [-0.39, 0.29) is 29.0 Å². The summed E-state index contributed by atoms with van der Waals surface area (Å²) in [5.41, 5.74) is 0.00949. The average molecular weight is 346 g/mol. The Kier molecular flexibility index (Phi) is 4.07. The maximum Gasteiger partial charge on any atom is 0.287 e. The number of carbonyl (C=O) groups excluding carboxylic acids is 1. The Morgan fingerprint density at radius 2 is 1.96 bits per heavy atom. The molecule has 2 atom stereocenters. The number of hydrogen-bond donors (Lipinski definition) is 1. The zero-order chi connectivity index (χ0) is 17.6. The molecular formula is C19H20F2N2O2. The number of nitrogens with one attached hydrogen (secondary N) is 1. The second-order valence-electron chi connectivity index (χ2n) is 6.90. The highest BCUT2D eigenvalue weighted by atomic mass is 19.1. The van der Waals surface area contributed by atoms with Crippen LogP contribution in [0.4, 0.5) is 8.78 Å². The molecule has 2 aromatic rings. The van der Waals surface area contributed by atoms with Crippen LogP contribution in [0.2, 0.25) is 0 Å². The third-order valence-electron chi connectivity index (χ3n) is 5.50. The van der Waals surface area contributed by atoms with E-state index < -0.39 is 11.6 Å². The van der Waals surface area contributed by atoms with Crippen molar-refractivity contribution >= 4 is 5.91 Å². The molecule has 0 aliphatic carbocycles. The van der Waals surface area contributed by atoms with Crippen molar-refractivity contribution in [2.24, 2.45) is 5.92 Å². The Bertz CT molecular complexity index is 794. The fourth-order valence-electron chi connectivity index (χ4n) is 4.06. The smallest absolute Gasteiger partial charge is 0.287 e. The first kappa shape index (κ1) is 16.3. The standard InChI is InChI=1S/C19H20F2N2O2/c1-11-18(12-6-8-23(11)9-7-12)22-19(24)17-5-4-16(25-17)14-10-13(20)2-3-15(14)21/h2-5,10-12,18H,6-9H2,1H3,(H,22,24)/t11-,18-/m0/s1. The average Bonchev–Trinajstić information content (AvgIpc) is 3.10. The highest BCUT2D eigenvalue weighted by Crippen LogP contribution is 2.32. The Morgan fingerprint density at radius 1 is 1.20 bits per heavy atom. The van der Waals surface area contributed by atoms with Gasteiger partial charge >= 0.3 is 0 Å². The predicted octanol–water partition coefficient (Wildman–Crippen LogP) is 3.44. The van der Waals surface area contributed by atoms with E-state index in [2.05, 4.69) is 17.1 Å². The Morgan fingerprint density at radius 3 is 2.68 bits per heavy atom. The molecule has 3 aliphatic heterocycles. The topological polar surface area (TPSA) is 45.5 Å². The van der Waals surface area contributed by atoms with Gasteiger partial charge in [-0.15, -0.1) is 0 Å². The fourth-order valence-corrected chi connectivity index (χ4v) is 4.06. The SMILES string of the molecule is C[C@H]1[C@H](NC(=O)c2ccc(-c3cc(F)ccc3F)o2)C2CCN1CC2. The number of carbonyl (C=O) groups is 1. The van der Waals surface area contributed by atoms with Gasteiger partial charge in [0, 0.05) is 12.1 Å². The van der Waals surface area contributed by atoms with Gasteiger partial charge in [0.1, 0.15) is 17.4 Å². The lowest BCUT2D eigenvalue weighted by Crippen LogP contribution is -2.62. The number of fused-ring (bicyclic) bond motifs is 3. The minimum Gasteiger partial charge on any atom is -0.451 e. The minimum atomic E-state index is -0.589. The van der Waals surface area contributed by atoms with Crippen molar-refractivity contribution in [3.63, 3.8) is 0 Å². The monoisotopic (exact) mass is 346 g/mol. The number of benzene rings is 1. The molecule has 1 aromatic heterocycles. The van der Waals surface area contributed by atoms with E-state index in [1.165, 1.54) is 12.1 Å². The van der Waals surface area contributed by atoms with Gasteiger partial charge in [0.15, 0.2) is 5.76 Å². The molecule has 1 aromatic carbocycles. The summed E-state index contributed by atoms with van der Waals surface area (Å²) in [7, 11) is 0. The van der Waals surface area contributed by atoms with Crippen LogP contribution >= 0.6 is 0 Å². The van der Waals surface area contributed by atoms with Crippen LogP contribution in [0, 0.1) is 17.6 Å². The molecule has 4 nitrogen and oxygen atoms in total. The molecule has 0 spiro atoms. The number of hydrogen-bond acceptors (Lipinski definition) is 3. The van der Waals surface area contributed by atoms with E-state index in [9.17, 15) is 13.6 Å². The summed E-state index contributed by atoms with van der Waals surface area (Å²) in [6, 6.07) is 6.53. The number of piperidine rings is 3. The summed E-state index contributed by atoms with van der Waals surface area (Å²) in [5, 5.41) is 3.06. The van der Waals surface area contributed by atoms with Crippen LogP contribution < -0.4 is 5.32 Å². The van der Waals surface area contributed by atoms with Gasteiger partial charge in [-0.05, 0) is 69.1 Å². The molecule has 3 saturated heterocycles. The van der Waals surface area contributed by atoms with Gasteiger partial charge in [-0.25, -0.2) is 8.78 Å². The van der Waals surface area contributed by atoms with Gasteiger partial charge in [-0.2, -0.15) is 0 Å². The van der Waals surface area contributed by atoms with Crippen molar-refractivity contribution in [2.45, 2.75) is 31.8 Å². The summed E-state index contributed by atoms with van der Waals surface area (Å²) < 4.78 is 32.7. The van der Waals surface area contributed by atoms with Crippen LogP contribution in [-0.2, 0) is 0 Å². The van der Waals surface area contributed by atoms with Gasteiger partial charge in [0.05, 0.1) is 5.56 Å². The molecule has 132 valence electrons. The molecule has 3 aliphatic rings. The lowest BCUT2D eigenvalue weighted by atomic mass is 9.79. The van der Waals surface area contributed by atoms with Crippen LogP contribution in [0.5, 0.6) is 0 Å². The van der Waals surface area contributed by atoms with E-state index in [0.717, 1.165) is 44.1 Å². The Hall–Kier alpha value is -2.21. The molecule has 2 bridgehead atoms. The molecule has 0 saturated carbocycles. The van der Waals surface area contributed by atoms with Gasteiger partial charge in [0.25, 0.3) is 5.91 Å². The number of furan rings is 1. The maximum atomic E-state index is 13.9. The lowest BCUT2D eigenvalue weighted by Gasteiger charge is -2.49. The molecule has 6 heteroatoms. The molecule has 3 fully saturated rings. The highest BCUT2D eigenvalue weighted by Gasteiger charge is 2.40. The first-order chi connectivity index (χ1) is 12.0. The molecular weight excluding hydrogens is 326 g/mol. The number of rotatable bonds is 3. The van der Waals surface area contributed by atoms with Gasteiger partial charge in [-0.3, -0.25) is 9.69 Å². The molecule has 25 heavy (non-hydrogen) atoms. The van der Waals surface area contributed by atoms with Crippen molar-refractivity contribution in [1.29, 1.82) is 0 Å².